The lowest BCUT2D eigenvalue weighted by Crippen LogP contribution is -2.14. The Morgan fingerprint density at radius 3 is 2.12 bits per heavy atom. The first-order valence-corrected chi connectivity index (χ1v) is 8.14. The summed E-state index contributed by atoms with van der Waals surface area (Å²) in [5.41, 5.74) is 4.19. The van der Waals surface area contributed by atoms with E-state index in [0.29, 0.717) is 11.4 Å². The van der Waals surface area contributed by atoms with Gasteiger partial charge in [-0.2, -0.15) is 0 Å². The van der Waals surface area contributed by atoms with Crippen LogP contribution < -0.4 is 5.56 Å². The van der Waals surface area contributed by atoms with E-state index in [4.69, 9.17) is 0 Å². The van der Waals surface area contributed by atoms with Crippen LogP contribution in [-0.4, -0.2) is 21.1 Å². The molecule has 0 amide bonds. The average Bonchev–Trinajstić information content (AvgIpc) is 3.10. The Balaban J connectivity index is 1.65. The van der Waals surface area contributed by atoms with Crippen LogP contribution in [-0.2, 0) is 0 Å². The van der Waals surface area contributed by atoms with Gasteiger partial charge in [-0.1, -0.05) is 54.6 Å². The summed E-state index contributed by atoms with van der Waals surface area (Å²) in [6.07, 6.45) is 2.47. The van der Waals surface area contributed by atoms with Crippen molar-refractivity contribution in [1.29, 1.82) is 0 Å². The Morgan fingerprint density at radius 2 is 1.50 bits per heavy atom. The van der Waals surface area contributed by atoms with Crippen LogP contribution in [0.25, 0.3) is 28.2 Å². The van der Waals surface area contributed by atoms with Gasteiger partial charge >= 0.3 is 0 Å². The molecule has 2 aromatic heterocycles. The monoisotopic (exact) mass is 341 g/mol. The van der Waals surface area contributed by atoms with E-state index in [1.54, 1.807) is 36.5 Å². The summed E-state index contributed by atoms with van der Waals surface area (Å²) in [4.78, 5) is 27.2. The van der Waals surface area contributed by atoms with Crippen molar-refractivity contribution in [1.82, 2.24) is 14.8 Å². The maximum absolute atomic E-state index is 12.2. The molecule has 0 aliphatic carbocycles. The van der Waals surface area contributed by atoms with Crippen molar-refractivity contribution in [3.05, 3.63) is 94.9 Å². The van der Waals surface area contributed by atoms with Gasteiger partial charge in [-0.3, -0.25) is 14.7 Å². The molecule has 2 heterocycles. The number of H-pyrrole nitrogens is 1. The number of rotatable bonds is 4. The number of nitrogens with zero attached hydrogens (tertiary/aromatic N) is 2. The molecular formula is C21H15N3O2. The topological polar surface area (TPSA) is 67.8 Å². The number of benzene rings is 2. The van der Waals surface area contributed by atoms with Gasteiger partial charge in [0.2, 0.25) is 0 Å². The fraction of sp³-hybridized carbons (Fsp3) is 0. The van der Waals surface area contributed by atoms with Crippen LogP contribution in [0.2, 0.25) is 0 Å². The third-order valence-electron chi connectivity index (χ3n) is 4.17. The van der Waals surface area contributed by atoms with Gasteiger partial charge in [0, 0.05) is 17.8 Å². The Hall–Kier alpha value is -3.73. The first-order chi connectivity index (χ1) is 12.7. The van der Waals surface area contributed by atoms with Crippen molar-refractivity contribution in [2.24, 2.45) is 0 Å². The number of aromatic nitrogens is 3. The quantitative estimate of drug-likeness (QED) is 0.575. The lowest BCUT2D eigenvalue weighted by molar-refractivity contribution is 0.112. The zero-order valence-electron chi connectivity index (χ0n) is 13.8. The molecule has 1 N–H and O–H groups in total. The molecule has 4 rings (SSSR count). The van der Waals surface area contributed by atoms with Gasteiger partial charge in [0.05, 0.1) is 5.69 Å². The first-order valence-electron chi connectivity index (χ1n) is 8.14. The molecule has 5 heteroatoms. The van der Waals surface area contributed by atoms with Gasteiger partial charge in [0.25, 0.3) is 5.56 Å². The van der Waals surface area contributed by atoms with Crippen LogP contribution >= 0.6 is 0 Å². The van der Waals surface area contributed by atoms with E-state index in [2.05, 4.69) is 10.1 Å². The third-order valence-corrected chi connectivity index (χ3v) is 4.17. The van der Waals surface area contributed by atoms with Crippen molar-refractivity contribution in [3.63, 3.8) is 0 Å². The van der Waals surface area contributed by atoms with E-state index < -0.39 is 0 Å². The van der Waals surface area contributed by atoms with Crippen molar-refractivity contribution >= 4 is 6.29 Å². The molecule has 0 unspecified atom stereocenters. The van der Waals surface area contributed by atoms with E-state index in [0.717, 1.165) is 28.7 Å². The molecule has 0 aliphatic rings. The minimum Gasteiger partial charge on any atom is -0.298 e. The number of hydrogen-bond donors (Lipinski definition) is 1. The van der Waals surface area contributed by atoms with Crippen LogP contribution in [0.1, 0.15) is 10.4 Å². The summed E-state index contributed by atoms with van der Waals surface area (Å²) < 4.78 is 1.42. The molecule has 126 valence electrons. The summed E-state index contributed by atoms with van der Waals surface area (Å²) in [5.74, 6) is 0.552. The second kappa shape index (κ2) is 6.64. The molecule has 0 spiro atoms. The molecule has 0 aliphatic heterocycles. The van der Waals surface area contributed by atoms with Crippen molar-refractivity contribution in [3.8, 4) is 28.2 Å². The summed E-state index contributed by atoms with van der Waals surface area (Å²) in [7, 11) is 0. The maximum atomic E-state index is 12.2. The lowest BCUT2D eigenvalue weighted by atomic mass is 10.0. The largest absolute Gasteiger partial charge is 0.298 e. The first kappa shape index (κ1) is 15.8. The van der Waals surface area contributed by atoms with Gasteiger partial charge in [-0.15, -0.1) is 0 Å². The normalized spacial score (nSPS) is 10.6. The second-order valence-electron chi connectivity index (χ2n) is 5.85. The Labute approximate surface area is 149 Å². The Morgan fingerprint density at radius 1 is 0.846 bits per heavy atom. The highest BCUT2D eigenvalue weighted by molar-refractivity contribution is 5.77. The van der Waals surface area contributed by atoms with E-state index in [9.17, 15) is 9.59 Å². The van der Waals surface area contributed by atoms with E-state index in [1.165, 1.54) is 4.68 Å². The summed E-state index contributed by atoms with van der Waals surface area (Å²) in [5, 5.41) is 3.09. The third kappa shape index (κ3) is 2.98. The number of carbonyl (C=O) groups is 1. The molecule has 4 aromatic rings. The number of pyridine rings is 1. The van der Waals surface area contributed by atoms with Crippen LogP contribution in [0.3, 0.4) is 0 Å². The Bertz CT molecular complexity index is 1090. The zero-order chi connectivity index (χ0) is 17.9. The van der Waals surface area contributed by atoms with Crippen molar-refractivity contribution < 1.29 is 4.79 Å². The number of aldehydes is 1. The smallest absolute Gasteiger partial charge is 0.273 e. The predicted molar refractivity (Wildman–Crippen MR) is 100 cm³/mol. The zero-order valence-corrected chi connectivity index (χ0v) is 13.8. The predicted octanol–water partition coefficient (Wildman–Crippen LogP) is 3.71. The van der Waals surface area contributed by atoms with E-state index in [-0.39, 0.29) is 5.56 Å². The molecule has 0 radical (unpaired) electrons. The van der Waals surface area contributed by atoms with Crippen LogP contribution in [0.15, 0.2) is 83.8 Å². The average molecular weight is 341 g/mol. The molecule has 0 saturated carbocycles. The van der Waals surface area contributed by atoms with Gasteiger partial charge in [0.15, 0.2) is 5.82 Å². The van der Waals surface area contributed by atoms with Crippen molar-refractivity contribution in [2.45, 2.75) is 0 Å². The van der Waals surface area contributed by atoms with Crippen LogP contribution in [0.5, 0.6) is 0 Å². The Kier molecular flexibility index (Phi) is 4.03. The fourth-order valence-corrected chi connectivity index (χ4v) is 2.80. The molecule has 26 heavy (non-hydrogen) atoms. The molecule has 2 aromatic carbocycles. The second-order valence-corrected chi connectivity index (χ2v) is 5.85. The highest BCUT2D eigenvalue weighted by Crippen LogP contribution is 2.23. The van der Waals surface area contributed by atoms with Gasteiger partial charge in [0.1, 0.15) is 6.29 Å². The molecule has 5 nitrogen and oxygen atoms in total. The highest BCUT2D eigenvalue weighted by Gasteiger charge is 2.08. The van der Waals surface area contributed by atoms with Crippen molar-refractivity contribution in [2.75, 3.05) is 0 Å². The SMILES string of the molecule is O=Cc1ccc(-c2ccc(-c3cc(=O)n(-c4ccccn4)[nH]3)cc2)cc1. The summed E-state index contributed by atoms with van der Waals surface area (Å²) >= 11 is 0. The fourth-order valence-electron chi connectivity index (χ4n) is 2.80. The van der Waals surface area contributed by atoms with E-state index >= 15 is 0 Å². The van der Waals surface area contributed by atoms with Crippen LogP contribution in [0, 0.1) is 0 Å². The van der Waals surface area contributed by atoms with Gasteiger partial charge in [-0.25, -0.2) is 9.67 Å². The van der Waals surface area contributed by atoms with Gasteiger partial charge < -0.3 is 0 Å². The minimum absolute atomic E-state index is 0.160. The summed E-state index contributed by atoms with van der Waals surface area (Å²) in [6, 6.07) is 22.3. The van der Waals surface area contributed by atoms with E-state index in [1.807, 2.05) is 42.5 Å². The van der Waals surface area contributed by atoms with Crippen LogP contribution in [0.4, 0.5) is 0 Å². The number of carbonyl (C=O) groups excluding carboxylic acids is 1. The molecule has 0 saturated heterocycles. The molecule has 0 fully saturated rings. The standard InChI is InChI=1S/C21H15N3O2/c25-14-15-4-6-16(7-5-15)17-8-10-18(11-9-17)19-13-21(26)24(23-19)20-3-1-2-12-22-20/h1-14,23H. The molecule has 0 bridgehead atoms. The van der Waals surface area contributed by atoms with Gasteiger partial charge in [-0.05, 0) is 28.8 Å². The maximum Gasteiger partial charge on any atom is 0.273 e. The molecular weight excluding hydrogens is 326 g/mol. The number of hydrogen-bond acceptors (Lipinski definition) is 3. The molecule has 0 atom stereocenters. The number of aromatic amines is 1. The summed E-state index contributed by atoms with van der Waals surface area (Å²) in [6.45, 7) is 0. The lowest BCUT2D eigenvalue weighted by Gasteiger charge is -2.04. The number of nitrogens with one attached hydrogen (secondary N) is 1. The highest BCUT2D eigenvalue weighted by atomic mass is 16.1. The minimum atomic E-state index is -0.160.